The van der Waals surface area contributed by atoms with Crippen LogP contribution in [0.25, 0.3) is 0 Å². The summed E-state index contributed by atoms with van der Waals surface area (Å²) in [6, 6.07) is 12.9. The van der Waals surface area contributed by atoms with Crippen LogP contribution in [0.1, 0.15) is 41.0 Å². The molecule has 0 spiro atoms. The Balaban J connectivity index is 1.91. The maximum atomic E-state index is 12.1. The number of hydrogen-bond acceptors (Lipinski definition) is 3. The third-order valence-corrected chi connectivity index (χ3v) is 3.76. The van der Waals surface area contributed by atoms with Crippen LogP contribution in [0.2, 0.25) is 5.02 Å². The molecule has 2 rings (SSSR count). The molecule has 2 aromatic rings. The van der Waals surface area contributed by atoms with Gasteiger partial charge in [-0.05, 0) is 42.3 Å². The largest absolute Gasteiger partial charge is 0.326 e. The molecule has 0 bridgehead atoms. The summed E-state index contributed by atoms with van der Waals surface area (Å²) < 4.78 is 0. The van der Waals surface area contributed by atoms with Gasteiger partial charge >= 0.3 is 0 Å². The van der Waals surface area contributed by atoms with Crippen molar-refractivity contribution >= 4 is 35.0 Å². The van der Waals surface area contributed by atoms with Gasteiger partial charge in [-0.25, -0.2) is 0 Å². The number of carbonyl (C=O) groups excluding carboxylic acids is 3. The molecule has 0 aliphatic heterocycles. The summed E-state index contributed by atoms with van der Waals surface area (Å²) in [4.78, 5) is 35.8. The number of nitrogens with one attached hydrogen (secondary N) is 3. The van der Waals surface area contributed by atoms with Crippen LogP contribution >= 0.6 is 11.6 Å². The lowest BCUT2D eigenvalue weighted by Crippen LogP contribution is -2.41. The molecule has 3 amide bonds. The molecule has 0 fully saturated rings. The zero-order valence-electron chi connectivity index (χ0n) is 14.5. The second-order valence-corrected chi connectivity index (χ2v) is 6.52. The lowest BCUT2D eigenvalue weighted by atomic mass is 10.1. The number of benzene rings is 2. The molecule has 6 nitrogen and oxygen atoms in total. The zero-order valence-corrected chi connectivity index (χ0v) is 15.3. The van der Waals surface area contributed by atoms with Crippen molar-refractivity contribution in [3.63, 3.8) is 0 Å². The van der Waals surface area contributed by atoms with Gasteiger partial charge in [0.05, 0.1) is 10.6 Å². The van der Waals surface area contributed by atoms with E-state index in [1.165, 1.54) is 0 Å². The number of rotatable bonds is 5. The molecule has 0 unspecified atom stereocenters. The number of halogens is 1. The number of hydrogen-bond donors (Lipinski definition) is 3. The Morgan fingerprint density at radius 3 is 2.15 bits per heavy atom. The van der Waals surface area contributed by atoms with Gasteiger partial charge in [0.25, 0.3) is 11.8 Å². The fourth-order valence-electron chi connectivity index (χ4n) is 2.19. The summed E-state index contributed by atoms with van der Waals surface area (Å²) in [5.41, 5.74) is 5.84. The summed E-state index contributed by atoms with van der Waals surface area (Å²) in [7, 11) is 0. The highest BCUT2D eigenvalue weighted by Crippen LogP contribution is 2.14. The lowest BCUT2D eigenvalue weighted by molar-refractivity contribution is -0.116. The van der Waals surface area contributed by atoms with Crippen molar-refractivity contribution in [1.29, 1.82) is 0 Å². The van der Waals surface area contributed by atoms with Gasteiger partial charge < -0.3 is 5.32 Å². The standard InChI is InChI=1S/C19H20ClN3O3/c1-12(2)11-17(24)21-14-9-7-13(8-10-14)18(25)22-23-19(26)15-5-3-4-6-16(15)20/h3-10,12H,11H2,1-2H3,(H,21,24)(H,22,25)(H,23,26). The van der Waals surface area contributed by atoms with Gasteiger partial charge in [-0.1, -0.05) is 37.6 Å². The van der Waals surface area contributed by atoms with Gasteiger partial charge in [0, 0.05) is 17.7 Å². The zero-order chi connectivity index (χ0) is 19.1. The highest BCUT2D eigenvalue weighted by molar-refractivity contribution is 6.33. The van der Waals surface area contributed by atoms with Crippen molar-refractivity contribution in [1.82, 2.24) is 10.9 Å². The summed E-state index contributed by atoms with van der Waals surface area (Å²) in [6.45, 7) is 3.92. The molecule has 0 saturated heterocycles. The molecule has 0 aliphatic carbocycles. The molecule has 0 heterocycles. The molecule has 7 heteroatoms. The molecule has 0 atom stereocenters. The van der Waals surface area contributed by atoms with Gasteiger partial charge in [-0.3, -0.25) is 25.2 Å². The summed E-state index contributed by atoms with van der Waals surface area (Å²) >= 11 is 5.93. The monoisotopic (exact) mass is 373 g/mol. The lowest BCUT2D eigenvalue weighted by Gasteiger charge is -2.10. The minimum Gasteiger partial charge on any atom is -0.326 e. The van der Waals surface area contributed by atoms with Crippen molar-refractivity contribution < 1.29 is 14.4 Å². The first-order valence-electron chi connectivity index (χ1n) is 8.12. The molecule has 0 radical (unpaired) electrons. The molecule has 0 aliphatic rings. The maximum Gasteiger partial charge on any atom is 0.271 e. The summed E-state index contributed by atoms with van der Waals surface area (Å²) in [6.07, 6.45) is 0.427. The fraction of sp³-hybridized carbons (Fsp3) is 0.211. The van der Waals surface area contributed by atoms with E-state index in [1.54, 1.807) is 48.5 Å². The number of hydrazine groups is 1. The van der Waals surface area contributed by atoms with E-state index in [9.17, 15) is 14.4 Å². The quantitative estimate of drug-likeness (QED) is 0.702. The smallest absolute Gasteiger partial charge is 0.271 e. The van der Waals surface area contributed by atoms with Gasteiger partial charge in [0.15, 0.2) is 0 Å². The first-order valence-corrected chi connectivity index (χ1v) is 8.49. The first-order chi connectivity index (χ1) is 12.4. The molecule has 26 heavy (non-hydrogen) atoms. The number of amides is 3. The molecule has 3 N–H and O–H groups in total. The van der Waals surface area contributed by atoms with E-state index in [0.29, 0.717) is 22.7 Å². The van der Waals surface area contributed by atoms with Crippen LogP contribution in [0, 0.1) is 5.92 Å². The van der Waals surface area contributed by atoms with Gasteiger partial charge in [0.1, 0.15) is 0 Å². The van der Waals surface area contributed by atoms with E-state index < -0.39 is 11.8 Å². The second-order valence-electron chi connectivity index (χ2n) is 6.11. The topological polar surface area (TPSA) is 87.3 Å². The van der Waals surface area contributed by atoms with Crippen LogP contribution in [0.4, 0.5) is 5.69 Å². The number of carbonyl (C=O) groups is 3. The Kier molecular flexibility index (Phi) is 6.74. The van der Waals surface area contributed by atoms with Crippen LogP contribution in [0.15, 0.2) is 48.5 Å². The highest BCUT2D eigenvalue weighted by atomic mass is 35.5. The Bertz CT molecular complexity index is 804. The van der Waals surface area contributed by atoms with Crippen LogP contribution < -0.4 is 16.2 Å². The highest BCUT2D eigenvalue weighted by Gasteiger charge is 2.12. The fourth-order valence-corrected chi connectivity index (χ4v) is 2.41. The predicted octanol–water partition coefficient (Wildman–Crippen LogP) is 3.40. The Morgan fingerprint density at radius 2 is 1.54 bits per heavy atom. The molecular formula is C19H20ClN3O3. The molecule has 0 aromatic heterocycles. The van der Waals surface area contributed by atoms with Crippen molar-refractivity contribution in [3.05, 3.63) is 64.7 Å². The van der Waals surface area contributed by atoms with Gasteiger partial charge in [0.2, 0.25) is 5.91 Å². The number of anilines is 1. The van der Waals surface area contributed by atoms with Crippen LogP contribution in [0.5, 0.6) is 0 Å². The summed E-state index contributed by atoms with van der Waals surface area (Å²) in [5, 5.41) is 3.05. The Labute approximate surface area is 156 Å². The van der Waals surface area contributed by atoms with E-state index in [4.69, 9.17) is 11.6 Å². The minimum absolute atomic E-state index is 0.0794. The van der Waals surface area contributed by atoms with E-state index in [1.807, 2.05) is 13.8 Å². The maximum absolute atomic E-state index is 12.1. The van der Waals surface area contributed by atoms with Gasteiger partial charge in [-0.2, -0.15) is 0 Å². The Morgan fingerprint density at radius 1 is 0.923 bits per heavy atom. The van der Waals surface area contributed by atoms with E-state index in [2.05, 4.69) is 16.2 Å². The molecule has 2 aromatic carbocycles. The van der Waals surface area contributed by atoms with E-state index in [0.717, 1.165) is 0 Å². The molecule has 0 saturated carbocycles. The molecule has 136 valence electrons. The normalized spacial score (nSPS) is 10.3. The van der Waals surface area contributed by atoms with Crippen LogP contribution in [-0.2, 0) is 4.79 Å². The second kappa shape index (κ2) is 9.01. The van der Waals surface area contributed by atoms with Crippen molar-refractivity contribution in [3.8, 4) is 0 Å². The van der Waals surface area contributed by atoms with Crippen molar-refractivity contribution in [2.45, 2.75) is 20.3 Å². The first kappa shape index (κ1) is 19.5. The predicted molar refractivity (Wildman–Crippen MR) is 101 cm³/mol. The van der Waals surface area contributed by atoms with E-state index in [-0.39, 0.29) is 17.4 Å². The summed E-state index contributed by atoms with van der Waals surface area (Å²) in [5.74, 6) is -0.807. The Hall–Kier alpha value is -2.86. The average Bonchev–Trinajstić information content (AvgIpc) is 2.59. The van der Waals surface area contributed by atoms with Crippen molar-refractivity contribution in [2.24, 2.45) is 5.92 Å². The van der Waals surface area contributed by atoms with E-state index >= 15 is 0 Å². The third kappa shape index (κ3) is 5.60. The van der Waals surface area contributed by atoms with Crippen LogP contribution in [-0.4, -0.2) is 17.7 Å². The van der Waals surface area contributed by atoms with Gasteiger partial charge in [-0.15, -0.1) is 0 Å². The minimum atomic E-state index is -0.512. The SMILES string of the molecule is CC(C)CC(=O)Nc1ccc(C(=O)NNC(=O)c2ccccc2Cl)cc1. The molecular weight excluding hydrogens is 354 g/mol. The third-order valence-electron chi connectivity index (χ3n) is 3.43. The average molecular weight is 374 g/mol. The van der Waals surface area contributed by atoms with Crippen molar-refractivity contribution in [2.75, 3.05) is 5.32 Å². The van der Waals surface area contributed by atoms with Crippen LogP contribution in [0.3, 0.4) is 0 Å².